The summed E-state index contributed by atoms with van der Waals surface area (Å²) in [5, 5.41) is 8.19. The van der Waals surface area contributed by atoms with Crippen LogP contribution in [0.5, 0.6) is 0 Å². The van der Waals surface area contributed by atoms with Gasteiger partial charge < -0.3 is 10.3 Å². The Morgan fingerprint density at radius 2 is 2.14 bits per heavy atom. The first kappa shape index (κ1) is 14.4. The number of benzene rings is 1. The maximum absolute atomic E-state index is 12.6. The third-order valence-corrected chi connectivity index (χ3v) is 3.93. The molecule has 0 aliphatic rings. The molecule has 0 aliphatic carbocycles. The number of fused-ring (bicyclic) bond motifs is 1. The number of hydrogen-bond acceptors (Lipinski definition) is 2. The van der Waals surface area contributed by atoms with Gasteiger partial charge in [0.25, 0.3) is 5.91 Å². The molecule has 0 atom stereocenters. The molecular formula is C17H20N4O. The minimum atomic E-state index is -0.486. The third-order valence-electron chi connectivity index (χ3n) is 3.93. The largest absolute Gasteiger partial charge is 0.360 e. The average Bonchev–Trinajstić information content (AvgIpc) is 3.04. The molecule has 22 heavy (non-hydrogen) atoms. The second kappa shape index (κ2) is 5.02. The molecule has 3 rings (SSSR count). The van der Waals surface area contributed by atoms with E-state index in [-0.39, 0.29) is 5.91 Å². The smallest absolute Gasteiger partial charge is 0.254 e. The molecule has 0 saturated heterocycles. The Kier molecular flexibility index (Phi) is 3.28. The van der Waals surface area contributed by atoms with Crippen LogP contribution in [0.2, 0.25) is 0 Å². The van der Waals surface area contributed by atoms with Crippen molar-refractivity contribution >= 4 is 16.8 Å². The van der Waals surface area contributed by atoms with Crippen molar-refractivity contribution in [2.24, 2.45) is 7.05 Å². The highest BCUT2D eigenvalue weighted by atomic mass is 16.1. The van der Waals surface area contributed by atoms with E-state index >= 15 is 0 Å². The summed E-state index contributed by atoms with van der Waals surface area (Å²) in [5.74, 6) is -0.0936. The lowest BCUT2D eigenvalue weighted by atomic mass is 9.97. The molecule has 0 saturated carbocycles. The number of H-pyrrole nitrogens is 1. The summed E-state index contributed by atoms with van der Waals surface area (Å²) >= 11 is 0. The van der Waals surface area contributed by atoms with Gasteiger partial charge in [-0.25, -0.2) is 0 Å². The number of aromatic nitrogens is 3. The van der Waals surface area contributed by atoms with Crippen LogP contribution < -0.4 is 5.32 Å². The molecule has 1 aromatic carbocycles. The van der Waals surface area contributed by atoms with E-state index in [4.69, 9.17) is 0 Å². The maximum Gasteiger partial charge on any atom is 0.254 e. The molecule has 1 amide bonds. The van der Waals surface area contributed by atoms with E-state index in [0.29, 0.717) is 5.56 Å². The van der Waals surface area contributed by atoms with Gasteiger partial charge in [0.15, 0.2) is 0 Å². The Bertz CT molecular complexity index is 841. The van der Waals surface area contributed by atoms with Crippen molar-refractivity contribution in [1.29, 1.82) is 0 Å². The van der Waals surface area contributed by atoms with Crippen molar-refractivity contribution in [2.45, 2.75) is 26.3 Å². The first-order valence-electron chi connectivity index (χ1n) is 7.26. The van der Waals surface area contributed by atoms with Gasteiger partial charge in [-0.1, -0.05) is 12.1 Å². The molecule has 2 aromatic heterocycles. The van der Waals surface area contributed by atoms with Crippen molar-refractivity contribution < 1.29 is 4.79 Å². The minimum Gasteiger partial charge on any atom is -0.360 e. The molecule has 0 aliphatic heterocycles. The second-order valence-corrected chi connectivity index (χ2v) is 6.23. The summed E-state index contributed by atoms with van der Waals surface area (Å²) < 4.78 is 1.73. The van der Waals surface area contributed by atoms with Gasteiger partial charge in [-0.05, 0) is 32.4 Å². The molecular weight excluding hydrogens is 276 g/mol. The Morgan fingerprint density at radius 3 is 2.82 bits per heavy atom. The monoisotopic (exact) mass is 296 g/mol. The summed E-state index contributed by atoms with van der Waals surface area (Å²) in [5.41, 5.74) is 3.28. The van der Waals surface area contributed by atoms with E-state index in [9.17, 15) is 4.79 Å². The lowest BCUT2D eigenvalue weighted by Crippen LogP contribution is -2.40. The van der Waals surface area contributed by atoms with Crippen LogP contribution >= 0.6 is 0 Å². The van der Waals surface area contributed by atoms with Crippen LogP contribution in [0, 0.1) is 6.92 Å². The molecule has 114 valence electrons. The van der Waals surface area contributed by atoms with Crippen LogP contribution in [0.15, 0.2) is 36.8 Å². The van der Waals surface area contributed by atoms with E-state index in [1.807, 2.05) is 52.2 Å². The van der Waals surface area contributed by atoms with Crippen LogP contribution in [-0.4, -0.2) is 20.7 Å². The van der Waals surface area contributed by atoms with E-state index in [2.05, 4.69) is 15.4 Å². The normalized spacial score (nSPS) is 11.8. The molecule has 0 fully saturated rings. The number of aryl methyl sites for hydroxylation is 2. The molecule has 5 heteroatoms. The Balaban J connectivity index is 1.90. The van der Waals surface area contributed by atoms with Gasteiger partial charge in [-0.15, -0.1) is 0 Å². The maximum atomic E-state index is 12.6. The van der Waals surface area contributed by atoms with Gasteiger partial charge in [0, 0.05) is 35.9 Å². The number of amides is 1. The SMILES string of the molecule is Cc1ccc2c(C(=O)NC(C)(C)c3cnn(C)c3)c[nH]c2c1. The fourth-order valence-corrected chi connectivity index (χ4v) is 2.60. The lowest BCUT2D eigenvalue weighted by Gasteiger charge is -2.25. The van der Waals surface area contributed by atoms with Crippen LogP contribution in [0.3, 0.4) is 0 Å². The first-order chi connectivity index (χ1) is 10.4. The Morgan fingerprint density at radius 1 is 1.36 bits per heavy atom. The van der Waals surface area contributed by atoms with E-state index < -0.39 is 5.54 Å². The van der Waals surface area contributed by atoms with Gasteiger partial charge in [-0.2, -0.15) is 5.10 Å². The highest BCUT2D eigenvalue weighted by Crippen LogP contribution is 2.23. The fraction of sp³-hybridized carbons (Fsp3) is 0.294. The van der Waals surface area contributed by atoms with Gasteiger partial charge in [-0.3, -0.25) is 9.48 Å². The minimum absolute atomic E-state index is 0.0936. The van der Waals surface area contributed by atoms with Crippen molar-refractivity contribution in [3.63, 3.8) is 0 Å². The van der Waals surface area contributed by atoms with E-state index in [1.165, 1.54) is 0 Å². The number of aromatic amines is 1. The molecule has 3 aromatic rings. The topological polar surface area (TPSA) is 62.7 Å². The molecule has 5 nitrogen and oxygen atoms in total. The van der Waals surface area contributed by atoms with Crippen LogP contribution in [0.25, 0.3) is 10.9 Å². The Hall–Kier alpha value is -2.56. The zero-order valence-corrected chi connectivity index (χ0v) is 13.3. The van der Waals surface area contributed by atoms with Crippen LogP contribution in [0.1, 0.15) is 35.3 Å². The molecule has 0 spiro atoms. The molecule has 0 radical (unpaired) electrons. The number of nitrogens with one attached hydrogen (secondary N) is 2. The molecule has 2 N–H and O–H groups in total. The van der Waals surface area contributed by atoms with Crippen molar-refractivity contribution in [1.82, 2.24) is 20.1 Å². The number of carbonyl (C=O) groups is 1. The summed E-state index contributed by atoms with van der Waals surface area (Å²) in [4.78, 5) is 15.8. The fourth-order valence-electron chi connectivity index (χ4n) is 2.60. The summed E-state index contributed by atoms with van der Waals surface area (Å²) in [6.45, 7) is 5.98. The molecule has 2 heterocycles. The standard InChI is InChI=1S/C17H20N4O/c1-11-5-6-13-14(9-18-15(13)7-11)16(22)20-17(2,3)12-8-19-21(4)10-12/h5-10,18H,1-4H3,(H,20,22). The van der Waals surface area contributed by atoms with Crippen LogP contribution in [-0.2, 0) is 12.6 Å². The third kappa shape index (κ3) is 2.50. The van der Waals surface area contributed by atoms with Gasteiger partial charge >= 0.3 is 0 Å². The zero-order valence-electron chi connectivity index (χ0n) is 13.3. The van der Waals surface area contributed by atoms with Crippen LogP contribution in [0.4, 0.5) is 0 Å². The number of rotatable bonds is 3. The van der Waals surface area contributed by atoms with Gasteiger partial charge in [0.05, 0.1) is 17.3 Å². The molecule has 0 unspecified atom stereocenters. The lowest BCUT2D eigenvalue weighted by molar-refractivity contribution is 0.0914. The van der Waals surface area contributed by atoms with Gasteiger partial charge in [0.1, 0.15) is 0 Å². The van der Waals surface area contributed by atoms with Crippen molar-refractivity contribution in [3.05, 3.63) is 53.5 Å². The highest BCUT2D eigenvalue weighted by molar-refractivity contribution is 6.07. The summed E-state index contributed by atoms with van der Waals surface area (Å²) in [6, 6.07) is 6.03. The Labute approximate surface area is 129 Å². The van der Waals surface area contributed by atoms with E-state index in [1.54, 1.807) is 17.1 Å². The first-order valence-corrected chi connectivity index (χ1v) is 7.26. The van der Waals surface area contributed by atoms with Gasteiger partial charge in [0.2, 0.25) is 0 Å². The van der Waals surface area contributed by atoms with E-state index in [0.717, 1.165) is 22.0 Å². The quantitative estimate of drug-likeness (QED) is 0.780. The summed E-state index contributed by atoms with van der Waals surface area (Å²) in [7, 11) is 1.86. The predicted octanol–water partition coefficient (Wildman–Crippen LogP) is 2.87. The number of carbonyl (C=O) groups excluding carboxylic acids is 1. The highest BCUT2D eigenvalue weighted by Gasteiger charge is 2.26. The predicted molar refractivity (Wildman–Crippen MR) is 86.7 cm³/mol. The second-order valence-electron chi connectivity index (χ2n) is 6.23. The van der Waals surface area contributed by atoms with Crippen molar-refractivity contribution in [2.75, 3.05) is 0 Å². The number of hydrogen-bond donors (Lipinski definition) is 2. The number of nitrogens with zero attached hydrogens (tertiary/aromatic N) is 2. The molecule has 0 bridgehead atoms. The summed E-state index contributed by atoms with van der Waals surface area (Å²) in [6.07, 6.45) is 5.45. The average molecular weight is 296 g/mol. The van der Waals surface area contributed by atoms with Crippen molar-refractivity contribution in [3.8, 4) is 0 Å². The zero-order chi connectivity index (χ0) is 15.9.